The van der Waals surface area contributed by atoms with Crippen LogP contribution in [0.1, 0.15) is 37.5 Å². The number of aliphatic imine (C=N–C) groups is 1. The predicted molar refractivity (Wildman–Crippen MR) is 153 cm³/mol. The summed E-state index contributed by atoms with van der Waals surface area (Å²) in [5.41, 5.74) is 8.76. The van der Waals surface area contributed by atoms with E-state index in [0.29, 0.717) is 23.6 Å². The van der Waals surface area contributed by atoms with Crippen LogP contribution >= 0.6 is 0 Å². The Balaban J connectivity index is 1.58. The highest BCUT2D eigenvalue weighted by Gasteiger charge is 2.27. The quantitative estimate of drug-likeness (QED) is 0.258. The summed E-state index contributed by atoms with van der Waals surface area (Å²) in [6.45, 7) is 7.39. The van der Waals surface area contributed by atoms with E-state index in [1.54, 1.807) is 12.1 Å². The van der Waals surface area contributed by atoms with Crippen LogP contribution in [0.4, 0.5) is 11.4 Å². The molecule has 0 bridgehead atoms. The SMILES string of the molecule is CN(C)c1cc(Oc2nc(Oc3cc(C(=N)N)ccc3C(C)(C)C)nc3c2NC(=O)CO3)cc(C2=NCCN2)c1. The van der Waals surface area contributed by atoms with Crippen molar-refractivity contribution in [1.29, 1.82) is 5.41 Å². The number of benzene rings is 2. The number of amidine groups is 2. The number of nitrogens with zero attached hydrogens (tertiary/aromatic N) is 4. The van der Waals surface area contributed by atoms with Gasteiger partial charge in [-0.3, -0.25) is 15.2 Å². The monoisotopic (exact) mass is 544 g/mol. The number of amides is 1. The summed E-state index contributed by atoms with van der Waals surface area (Å²) in [6.07, 6.45) is 0. The molecule has 2 aliphatic rings. The molecule has 208 valence electrons. The smallest absolute Gasteiger partial charge is 0.328 e. The van der Waals surface area contributed by atoms with Gasteiger partial charge in [0.15, 0.2) is 12.3 Å². The molecular weight excluding hydrogens is 512 g/mol. The average molecular weight is 545 g/mol. The van der Waals surface area contributed by atoms with Crippen LogP contribution in [0.2, 0.25) is 0 Å². The molecule has 0 unspecified atom stereocenters. The standard InChI is InChI=1S/C28H32N8O4/c1-28(2,3)19-7-6-15(23(29)30)12-20(19)40-27-34-25-22(33-21(37)14-38-25)26(35-27)39-18-11-16(24-31-8-9-32-24)10-17(13-18)36(4)5/h6-7,10-13H,8-9,14H2,1-5H3,(H3,29,30)(H,31,32)(H,33,37). The third kappa shape index (κ3) is 5.60. The van der Waals surface area contributed by atoms with Gasteiger partial charge in [-0.25, -0.2) is 0 Å². The van der Waals surface area contributed by atoms with Gasteiger partial charge in [0.25, 0.3) is 11.8 Å². The van der Waals surface area contributed by atoms with Crippen molar-refractivity contribution in [2.24, 2.45) is 10.7 Å². The Kier molecular flexibility index (Phi) is 6.92. The van der Waals surface area contributed by atoms with E-state index in [-0.39, 0.29) is 47.2 Å². The van der Waals surface area contributed by atoms with E-state index >= 15 is 0 Å². The molecule has 3 heterocycles. The van der Waals surface area contributed by atoms with Gasteiger partial charge in [0.1, 0.15) is 23.2 Å². The number of carbonyl (C=O) groups is 1. The second-order valence-electron chi connectivity index (χ2n) is 10.7. The zero-order valence-electron chi connectivity index (χ0n) is 23.1. The molecule has 0 radical (unpaired) electrons. The van der Waals surface area contributed by atoms with Crippen molar-refractivity contribution in [2.75, 3.05) is 44.0 Å². The molecule has 0 aliphatic carbocycles. The molecule has 3 aromatic rings. The van der Waals surface area contributed by atoms with Crippen molar-refractivity contribution in [3.8, 4) is 29.3 Å². The minimum Gasteiger partial charge on any atom is -0.466 e. The van der Waals surface area contributed by atoms with Crippen LogP contribution in [-0.4, -0.2) is 61.3 Å². The van der Waals surface area contributed by atoms with Crippen molar-refractivity contribution in [3.05, 3.63) is 53.1 Å². The molecule has 1 aromatic heterocycles. The predicted octanol–water partition coefficient (Wildman–Crippen LogP) is 3.39. The second kappa shape index (κ2) is 10.4. The second-order valence-corrected chi connectivity index (χ2v) is 10.7. The highest BCUT2D eigenvalue weighted by atomic mass is 16.5. The van der Waals surface area contributed by atoms with Crippen molar-refractivity contribution in [2.45, 2.75) is 26.2 Å². The molecule has 12 heteroatoms. The molecule has 2 aliphatic heterocycles. The fourth-order valence-electron chi connectivity index (χ4n) is 4.27. The lowest BCUT2D eigenvalue weighted by Crippen LogP contribution is -2.27. The number of nitrogen functional groups attached to an aromatic ring is 1. The number of aromatic nitrogens is 2. The fraction of sp³-hybridized carbons (Fsp3) is 0.321. The molecule has 12 nitrogen and oxygen atoms in total. The van der Waals surface area contributed by atoms with Crippen molar-refractivity contribution < 1.29 is 19.0 Å². The topological polar surface area (TPSA) is 160 Å². The summed E-state index contributed by atoms with van der Waals surface area (Å²) in [5.74, 6) is 1.41. The van der Waals surface area contributed by atoms with Gasteiger partial charge in [-0.2, -0.15) is 9.97 Å². The summed E-state index contributed by atoms with van der Waals surface area (Å²) in [7, 11) is 3.86. The van der Waals surface area contributed by atoms with Crippen LogP contribution < -0.4 is 35.5 Å². The Morgan fingerprint density at radius 2 is 1.93 bits per heavy atom. The molecule has 0 saturated heterocycles. The van der Waals surface area contributed by atoms with E-state index in [9.17, 15) is 4.79 Å². The van der Waals surface area contributed by atoms with Gasteiger partial charge in [0, 0.05) is 49.1 Å². The van der Waals surface area contributed by atoms with Crippen LogP contribution in [0.3, 0.4) is 0 Å². The number of nitrogens with two attached hydrogens (primary N) is 1. The first-order valence-corrected chi connectivity index (χ1v) is 12.8. The number of ether oxygens (including phenoxy) is 3. The number of nitrogens with one attached hydrogen (secondary N) is 3. The van der Waals surface area contributed by atoms with Crippen LogP contribution in [0.15, 0.2) is 41.4 Å². The molecule has 5 N–H and O–H groups in total. The highest BCUT2D eigenvalue weighted by Crippen LogP contribution is 2.41. The zero-order valence-corrected chi connectivity index (χ0v) is 23.1. The first-order valence-electron chi connectivity index (χ1n) is 12.8. The van der Waals surface area contributed by atoms with E-state index < -0.39 is 0 Å². The van der Waals surface area contributed by atoms with Crippen molar-refractivity contribution in [1.82, 2.24) is 15.3 Å². The van der Waals surface area contributed by atoms with Crippen LogP contribution in [0, 0.1) is 5.41 Å². The van der Waals surface area contributed by atoms with Gasteiger partial charge >= 0.3 is 6.01 Å². The molecule has 5 rings (SSSR count). The van der Waals surface area contributed by atoms with E-state index in [1.807, 2.05) is 64.0 Å². The molecule has 0 fully saturated rings. The summed E-state index contributed by atoms with van der Waals surface area (Å²) >= 11 is 0. The first-order chi connectivity index (χ1) is 19.0. The molecule has 0 atom stereocenters. The van der Waals surface area contributed by atoms with Crippen molar-refractivity contribution >= 4 is 29.0 Å². The Hall–Kier alpha value is -4.87. The fourth-order valence-corrected chi connectivity index (χ4v) is 4.27. The number of rotatable bonds is 7. The summed E-state index contributed by atoms with van der Waals surface area (Å²) < 4.78 is 18.0. The molecule has 0 spiro atoms. The molecule has 40 heavy (non-hydrogen) atoms. The normalized spacial score (nSPS) is 14.3. The summed E-state index contributed by atoms with van der Waals surface area (Å²) in [4.78, 5) is 27.6. The number of fused-ring (bicyclic) bond motifs is 1. The summed E-state index contributed by atoms with van der Waals surface area (Å²) in [5, 5.41) is 13.9. The minimum absolute atomic E-state index is 0.0521. The number of carbonyl (C=O) groups excluding carboxylic acids is 1. The van der Waals surface area contributed by atoms with Crippen LogP contribution in [0.25, 0.3) is 0 Å². The average Bonchev–Trinajstić information content (AvgIpc) is 3.43. The number of anilines is 2. The van der Waals surface area contributed by atoms with E-state index in [4.69, 9.17) is 25.4 Å². The van der Waals surface area contributed by atoms with Gasteiger partial charge in [-0.05, 0) is 23.6 Å². The molecule has 2 aromatic carbocycles. The third-order valence-corrected chi connectivity index (χ3v) is 6.30. The zero-order chi connectivity index (χ0) is 28.6. The maximum Gasteiger partial charge on any atom is 0.328 e. The Morgan fingerprint density at radius 3 is 2.60 bits per heavy atom. The van der Waals surface area contributed by atoms with Gasteiger partial charge in [0.2, 0.25) is 5.88 Å². The number of hydrogen-bond acceptors (Lipinski definition) is 10. The molecular formula is C28H32N8O4. The van der Waals surface area contributed by atoms with Gasteiger partial charge in [-0.1, -0.05) is 32.9 Å². The Labute approximate surface area is 232 Å². The lowest BCUT2D eigenvalue weighted by Gasteiger charge is -2.24. The lowest BCUT2D eigenvalue weighted by atomic mass is 9.85. The summed E-state index contributed by atoms with van der Waals surface area (Å²) in [6, 6.07) is 11.0. The molecule has 0 saturated carbocycles. The third-order valence-electron chi connectivity index (χ3n) is 6.30. The molecule has 1 amide bonds. The van der Waals surface area contributed by atoms with Gasteiger partial charge in [-0.15, -0.1) is 0 Å². The van der Waals surface area contributed by atoms with E-state index in [2.05, 4.69) is 25.6 Å². The van der Waals surface area contributed by atoms with Crippen molar-refractivity contribution in [3.63, 3.8) is 0 Å². The maximum atomic E-state index is 12.2. The minimum atomic E-state index is -0.356. The van der Waals surface area contributed by atoms with E-state index in [0.717, 1.165) is 29.2 Å². The van der Waals surface area contributed by atoms with Crippen LogP contribution in [-0.2, 0) is 10.2 Å². The lowest BCUT2D eigenvalue weighted by molar-refractivity contribution is -0.118. The van der Waals surface area contributed by atoms with E-state index in [1.165, 1.54) is 0 Å². The van der Waals surface area contributed by atoms with Crippen LogP contribution in [0.5, 0.6) is 29.3 Å². The Bertz CT molecular complexity index is 1530. The Morgan fingerprint density at radius 1 is 1.12 bits per heavy atom. The van der Waals surface area contributed by atoms with Gasteiger partial charge in [0.05, 0.1) is 6.54 Å². The largest absolute Gasteiger partial charge is 0.466 e. The number of hydrogen-bond donors (Lipinski definition) is 4. The first kappa shape index (κ1) is 26.7. The van der Waals surface area contributed by atoms with Gasteiger partial charge < -0.3 is 35.5 Å². The highest BCUT2D eigenvalue weighted by molar-refractivity contribution is 6.01. The maximum absolute atomic E-state index is 12.2.